The maximum absolute atomic E-state index is 12.9. The van der Waals surface area contributed by atoms with Crippen LogP contribution in [0.1, 0.15) is 45.8 Å². The fourth-order valence-electron chi connectivity index (χ4n) is 3.23. The van der Waals surface area contributed by atoms with E-state index in [4.69, 9.17) is 4.74 Å². The molecule has 1 aliphatic heterocycles. The Labute approximate surface area is 147 Å². The zero-order chi connectivity index (χ0) is 18.1. The Hall–Kier alpha value is -2.40. The third-order valence-electron chi connectivity index (χ3n) is 4.76. The van der Waals surface area contributed by atoms with Crippen molar-refractivity contribution in [2.45, 2.75) is 39.8 Å². The van der Waals surface area contributed by atoms with E-state index in [1.165, 1.54) is 0 Å². The van der Waals surface area contributed by atoms with E-state index in [0.29, 0.717) is 13.2 Å². The molecule has 1 amide bonds. The van der Waals surface area contributed by atoms with Gasteiger partial charge in [-0.25, -0.2) is 0 Å². The first-order valence-corrected chi connectivity index (χ1v) is 8.56. The molecule has 5 heteroatoms. The highest BCUT2D eigenvalue weighted by atomic mass is 16.5. The fourth-order valence-corrected chi connectivity index (χ4v) is 3.23. The van der Waals surface area contributed by atoms with Crippen molar-refractivity contribution in [1.29, 1.82) is 0 Å². The lowest BCUT2D eigenvalue weighted by molar-refractivity contribution is -0.0489. The molecule has 1 N–H and O–H groups in total. The number of nitrogens with one attached hydrogen (secondary N) is 1. The van der Waals surface area contributed by atoms with Crippen LogP contribution in [-0.4, -0.2) is 35.0 Å². The van der Waals surface area contributed by atoms with E-state index in [1.807, 2.05) is 20.8 Å². The summed E-state index contributed by atoms with van der Waals surface area (Å²) >= 11 is 0. The largest absolute Gasteiger partial charge is 0.370 e. The van der Waals surface area contributed by atoms with Gasteiger partial charge in [0.2, 0.25) is 0 Å². The van der Waals surface area contributed by atoms with Gasteiger partial charge in [-0.2, -0.15) is 0 Å². The quantitative estimate of drug-likeness (QED) is 0.914. The maximum atomic E-state index is 12.9. The number of aromatic amines is 1. The van der Waals surface area contributed by atoms with Gasteiger partial charge in [0.1, 0.15) is 11.7 Å². The highest BCUT2D eigenvalue weighted by Crippen LogP contribution is 2.28. The van der Waals surface area contributed by atoms with E-state index >= 15 is 0 Å². The number of carbonyl (C=O) groups is 1. The summed E-state index contributed by atoms with van der Waals surface area (Å²) in [6.45, 7) is 8.73. The van der Waals surface area contributed by atoms with Crippen molar-refractivity contribution >= 4 is 5.91 Å². The summed E-state index contributed by atoms with van der Waals surface area (Å²) in [7, 11) is 0. The minimum atomic E-state index is -0.341. The van der Waals surface area contributed by atoms with E-state index in [9.17, 15) is 9.59 Å². The Balaban J connectivity index is 1.89. The van der Waals surface area contributed by atoms with Gasteiger partial charge in [-0.15, -0.1) is 0 Å². The number of pyridine rings is 1. The van der Waals surface area contributed by atoms with Crippen molar-refractivity contribution in [2.75, 3.05) is 13.2 Å². The SMILES string of the molecule is Cc1ccc(C)c([C@@H]2CN(C(=O)c3ccc(C)[nH]c3=O)[C@@H](C)CO2)c1. The Morgan fingerprint density at radius 1 is 1.20 bits per heavy atom. The van der Waals surface area contributed by atoms with Crippen molar-refractivity contribution in [1.82, 2.24) is 9.88 Å². The number of benzene rings is 1. The summed E-state index contributed by atoms with van der Waals surface area (Å²) in [5, 5.41) is 0. The molecule has 0 aliphatic carbocycles. The zero-order valence-corrected chi connectivity index (χ0v) is 15.1. The number of nitrogens with zero attached hydrogens (tertiary/aromatic N) is 1. The first kappa shape index (κ1) is 17.4. The molecule has 1 aromatic carbocycles. The number of rotatable bonds is 2. The van der Waals surface area contributed by atoms with Gasteiger partial charge in [0.15, 0.2) is 0 Å². The van der Waals surface area contributed by atoms with Gasteiger partial charge >= 0.3 is 0 Å². The highest BCUT2D eigenvalue weighted by molar-refractivity contribution is 5.94. The highest BCUT2D eigenvalue weighted by Gasteiger charge is 2.32. The second-order valence-electron chi connectivity index (χ2n) is 6.87. The molecular weight excluding hydrogens is 316 g/mol. The van der Waals surface area contributed by atoms with Crippen LogP contribution in [0.15, 0.2) is 35.1 Å². The Morgan fingerprint density at radius 3 is 2.68 bits per heavy atom. The van der Waals surface area contributed by atoms with Gasteiger partial charge in [-0.3, -0.25) is 9.59 Å². The van der Waals surface area contributed by atoms with Crippen molar-refractivity contribution < 1.29 is 9.53 Å². The van der Waals surface area contributed by atoms with Crippen LogP contribution in [0.25, 0.3) is 0 Å². The van der Waals surface area contributed by atoms with Gasteiger partial charge in [0, 0.05) is 5.69 Å². The van der Waals surface area contributed by atoms with E-state index in [1.54, 1.807) is 24.0 Å². The number of carbonyl (C=O) groups excluding carboxylic acids is 1. The molecule has 132 valence electrons. The average molecular weight is 340 g/mol. The first-order valence-electron chi connectivity index (χ1n) is 8.56. The Morgan fingerprint density at radius 2 is 1.96 bits per heavy atom. The van der Waals surface area contributed by atoms with Crippen LogP contribution in [0, 0.1) is 20.8 Å². The van der Waals surface area contributed by atoms with Crippen molar-refractivity contribution in [3.8, 4) is 0 Å². The normalized spacial score (nSPS) is 20.6. The number of aryl methyl sites for hydroxylation is 3. The second-order valence-corrected chi connectivity index (χ2v) is 6.87. The molecule has 25 heavy (non-hydrogen) atoms. The predicted octanol–water partition coefficient (Wildman–Crippen LogP) is 2.90. The predicted molar refractivity (Wildman–Crippen MR) is 96.9 cm³/mol. The standard InChI is InChI=1S/C20H24N2O3/c1-12-5-6-13(2)17(9-12)18-10-22(15(4)11-25-18)20(24)16-8-7-14(3)21-19(16)23/h5-9,15,18H,10-11H2,1-4H3,(H,21,23)/t15-,18-/m0/s1. The number of aromatic nitrogens is 1. The Kier molecular flexibility index (Phi) is 4.77. The summed E-state index contributed by atoms with van der Waals surface area (Å²) in [6.07, 6.45) is -0.176. The van der Waals surface area contributed by atoms with Crippen molar-refractivity contribution in [2.24, 2.45) is 0 Å². The van der Waals surface area contributed by atoms with Crippen LogP contribution in [0.3, 0.4) is 0 Å². The summed E-state index contributed by atoms with van der Waals surface area (Å²) in [5.41, 5.74) is 3.99. The second kappa shape index (κ2) is 6.84. The lowest BCUT2D eigenvalue weighted by Crippen LogP contribution is -2.49. The third-order valence-corrected chi connectivity index (χ3v) is 4.76. The average Bonchev–Trinajstić information content (AvgIpc) is 2.57. The summed E-state index contributed by atoms with van der Waals surface area (Å²) < 4.78 is 6.00. The van der Waals surface area contributed by atoms with Gasteiger partial charge < -0.3 is 14.6 Å². The van der Waals surface area contributed by atoms with Gasteiger partial charge in [-0.1, -0.05) is 23.8 Å². The van der Waals surface area contributed by atoms with E-state index in [-0.39, 0.29) is 29.2 Å². The van der Waals surface area contributed by atoms with E-state index in [2.05, 4.69) is 23.2 Å². The smallest absolute Gasteiger partial charge is 0.260 e. The van der Waals surface area contributed by atoms with Crippen LogP contribution in [0.2, 0.25) is 0 Å². The van der Waals surface area contributed by atoms with Crippen LogP contribution < -0.4 is 5.56 Å². The summed E-state index contributed by atoms with van der Waals surface area (Å²) in [4.78, 5) is 29.5. The molecule has 0 bridgehead atoms. The monoisotopic (exact) mass is 340 g/mol. The number of morpholine rings is 1. The van der Waals surface area contributed by atoms with Crippen molar-refractivity contribution in [3.05, 3.63) is 68.6 Å². The van der Waals surface area contributed by atoms with Crippen LogP contribution >= 0.6 is 0 Å². The molecule has 5 nitrogen and oxygen atoms in total. The first-order chi connectivity index (χ1) is 11.9. The van der Waals surface area contributed by atoms with Crippen LogP contribution in [0.4, 0.5) is 0 Å². The lowest BCUT2D eigenvalue weighted by atomic mass is 9.98. The fraction of sp³-hybridized carbons (Fsp3) is 0.400. The molecule has 0 spiro atoms. The molecule has 2 atom stereocenters. The van der Waals surface area contributed by atoms with Gasteiger partial charge in [0.05, 0.1) is 19.2 Å². The molecule has 1 fully saturated rings. The summed E-state index contributed by atoms with van der Waals surface area (Å²) in [6, 6.07) is 9.53. The molecule has 1 aliphatic rings. The Bertz CT molecular complexity index is 856. The molecule has 0 saturated carbocycles. The summed E-state index contributed by atoms with van der Waals surface area (Å²) in [5.74, 6) is -0.243. The number of ether oxygens (including phenoxy) is 1. The number of hydrogen-bond donors (Lipinski definition) is 1. The molecule has 1 aromatic heterocycles. The van der Waals surface area contributed by atoms with E-state index < -0.39 is 0 Å². The molecule has 0 radical (unpaired) electrons. The lowest BCUT2D eigenvalue weighted by Gasteiger charge is -2.38. The van der Waals surface area contributed by atoms with Crippen LogP contribution in [0.5, 0.6) is 0 Å². The minimum Gasteiger partial charge on any atom is -0.370 e. The molecule has 2 heterocycles. The molecule has 0 unspecified atom stereocenters. The minimum absolute atomic E-state index is 0.0745. The number of amides is 1. The van der Waals surface area contributed by atoms with Crippen molar-refractivity contribution in [3.63, 3.8) is 0 Å². The van der Waals surface area contributed by atoms with Gasteiger partial charge in [-0.05, 0) is 51.0 Å². The molecular formula is C20H24N2O3. The maximum Gasteiger partial charge on any atom is 0.260 e. The zero-order valence-electron chi connectivity index (χ0n) is 15.1. The topological polar surface area (TPSA) is 62.4 Å². The molecule has 2 aromatic rings. The molecule has 3 rings (SSSR count). The molecule has 1 saturated heterocycles. The number of hydrogen-bond acceptors (Lipinski definition) is 3. The number of H-pyrrole nitrogens is 1. The van der Waals surface area contributed by atoms with Gasteiger partial charge in [0.25, 0.3) is 11.5 Å². The van der Waals surface area contributed by atoms with E-state index in [0.717, 1.165) is 22.4 Å². The van der Waals surface area contributed by atoms with Crippen LogP contribution in [-0.2, 0) is 4.74 Å². The third kappa shape index (κ3) is 3.51.